The second-order valence-corrected chi connectivity index (χ2v) is 8.09. The van der Waals surface area contributed by atoms with Crippen LogP contribution < -0.4 is 5.43 Å². The predicted molar refractivity (Wildman–Crippen MR) is 91.9 cm³/mol. The molecule has 1 fully saturated rings. The Labute approximate surface area is 143 Å². The Kier molecular flexibility index (Phi) is 4.37. The van der Waals surface area contributed by atoms with Gasteiger partial charge in [-0.25, -0.2) is 8.42 Å². The fourth-order valence-corrected chi connectivity index (χ4v) is 3.74. The van der Waals surface area contributed by atoms with Crippen LogP contribution in [0.15, 0.2) is 29.2 Å². The summed E-state index contributed by atoms with van der Waals surface area (Å²) in [6, 6.07) is 4.86. The minimum absolute atomic E-state index is 0.0255. The number of piperazine rings is 1. The summed E-state index contributed by atoms with van der Waals surface area (Å²) in [6.45, 7) is 0.946. The number of benzene rings is 1. The highest BCUT2D eigenvalue weighted by molar-refractivity contribution is 7.88. The zero-order valence-corrected chi connectivity index (χ0v) is 14.5. The second kappa shape index (κ2) is 6.19. The van der Waals surface area contributed by atoms with Crippen LogP contribution in [0.5, 0.6) is 0 Å². The number of H-pyrrole nitrogens is 1. The first-order valence-electron chi connectivity index (χ1n) is 7.33. The van der Waals surface area contributed by atoms with Crippen LogP contribution in [0.25, 0.3) is 10.9 Å². The molecule has 0 aliphatic carbocycles. The molecule has 0 atom stereocenters. The molecule has 1 aliphatic heterocycles. The maximum atomic E-state index is 12.6. The van der Waals surface area contributed by atoms with E-state index < -0.39 is 15.9 Å². The van der Waals surface area contributed by atoms with Crippen molar-refractivity contribution in [3.05, 3.63) is 45.2 Å². The fraction of sp³-hybridized carbons (Fsp3) is 0.333. The Balaban J connectivity index is 1.88. The standard InChI is InChI=1S/C15H16ClN3O4S/c1-24(22,23)19-6-4-18(5-7-19)15(21)12-9-17-13-3-2-10(16)8-11(13)14(12)20/h2-3,8-9H,4-7H2,1H3,(H,17,20). The maximum Gasteiger partial charge on any atom is 0.259 e. The maximum absolute atomic E-state index is 12.6. The van der Waals surface area contributed by atoms with Gasteiger partial charge in [0.05, 0.1) is 6.26 Å². The van der Waals surface area contributed by atoms with E-state index >= 15 is 0 Å². The zero-order valence-electron chi connectivity index (χ0n) is 13.0. The van der Waals surface area contributed by atoms with Crippen LogP contribution in [0.2, 0.25) is 5.02 Å². The van der Waals surface area contributed by atoms with E-state index in [1.165, 1.54) is 21.5 Å². The number of fused-ring (bicyclic) bond motifs is 1. The molecule has 0 unspecified atom stereocenters. The van der Waals surface area contributed by atoms with E-state index in [0.29, 0.717) is 15.9 Å². The topological polar surface area (TPSA) is 90.6 Å². The van der Waals surface area contributed by atoms with Crippen LogP contribution >= 0.6 is 11.6 Å². The van der Waals surface area contributed by atoms with Crippen molar-refractivity contribution in [2.24, 2.45) is 0 Å². The van der Waals surface area contributed by atoms with Crippen molar-refractivity contribution in [2.75, 3.05) is 32.4 Å². The number of nitrogens with zero attached hydrogens (tertiary/aromatic N) is 2. The van der Waals surface area contributed by atoms with E-state index in [1.54, 1.807) is 12.1 Å². The summed E-state index contributed by atoms with van der Waals surface area (Å²) < 4.78 is 24.4. The van der Waals surface area contributed by atoms with Crippen molar-refractivity contribution >= 4 is 38.4 Å². The van der Waals surface area contributed by atoms with Crippen LogP contribution in [0.4, 0.5) is 0 Å². The molecule has 0 bridgehead atoms. The van der Waals surface area contributed by atoms with Crippen LogP contribution in [0, 0.1) is 0 Å². The van der Waals surface area contributed by atoms with Crippen LogP contribution in [-0.2, 0) is 10.0 Å². The highest BCUT2D eigenvalue weighted by Crippen LogP contribution is 2.16. The van der Waals surface area contributed by atoms with Crippen molar-refractivity contribution < 1.29 is 13.2 Å². The molecule has 1 aliphatic rings. The number of rotatable bonds is 2. The van der Waals surface area contributed by atoms with Gasteiger partial charge in [0.2, 0.25) is 15.5 Å². The lowest BCUT2D eigenvalue weighted by atomic mass is 10.1. The summed E-state index contributed by atoms with van der Waals surface area (Å²) in [7, 11) is -3.27. The van der Waals surface area contributed by atoms with E-state index in [2.05, 4.69) is 4.98 Å². The van der Waals surface area contributed by atoms with E-state index in [4.69, 9.17) is 11.6 Å². The molecule has 1 N–H and O–H groups in total. The van der Waals surface area contributed by atoms with E-state index in [1.807, 2.05) is 0 Å². The Hall–Kier alpha value is -1.90. The zero-order chi connectivity index (χ0) is 17.5. The third-order valence-electron chi connectivity index (χ3n) is 4.07. The number of pyridine rings is 1. The highest BCUT2D eigenvalue weighted by atomic mass is 35.5. The molecule has 9 heteroatoms. The summed E-state index contributed by atoms with van der Waals surface area (Å²) in [5, 5.41) is 0.766. The van der Waals surface area contributed by atoms with E-state index in [-0.39, 0.29) is 37.2 Å². The lowest BCUT2D eigenvalue weighted by Crippen LogP contribution is -2.50. The van der Waals surface area contributed by atoms with Gasteiger partial charge in [-0.3, -0.25) is 9.59 Å². The van der Waals surface area contributed by atoms with Crippen molar-refractivity contribution in [2.45, 2.75) is 0 Å². The van der Waals surface area contributed by atoms with Gasteiger partial charge in [0.1, 0.15) is 5.56 Å². The molecule has 24 heavy (non-hydrogen) atoms. The average molecular weight is 370 g/mol. The van der Waals surface area contributed by atoms with Crippen LogP contribution in [0.3, 0.4) is 0 Å². The van der Waals surface area contributed by atoms with Gasteiger partial charge in [0.15, 0.2) is 0 Å². The third-order valence-corrected chi connectivity index (χ3v) is 5.61. The minimum Gasteiger partial charge on any atom is -0.360 e. The molecular formula is C15H16ClN3O4S. The monoisotopic (exact) mass is 369 g/mol. The first-order chi connectivity index (χ1) is 11.3. The largest absolute Gasteiger partial charge is 0.360 e. The molecule has 0 spiro atoms. The quantitative estimate of drug-likeness (QED) is 0.851. The Bertz CT molecular complexity index is 962. The lowest BCUT2D eigenvalue weighted by molar-refractivity contribution is 0.0697. The third kappa shape index (κ3) is 3.17. The number of aromatic nitrogens is 1. The normalized spacial score (nSPS) is 16.5. The fourth-order valence-electron chi connectivity index (χ4n) is 2.74. The molecule has 1 saturated heterocycles. The Morgan fingerprint density at radius 2 is 1.88 bits per heavy atom. The van der Waals surface area contributed by atoms with Gasteiger partial charge in [-0.2, -0.15) is 4.31 Å². The van der Waals surface area contributed by atoms with Gasteiger partial charge in [-0.1, -0.05) is 11.6 Å². The highest BCUT2D eigenvalue weighted by Gasteiger charge is 2.27. The number of halogens is 1. The van der Waals surface area contributed by atoms with Crippen molar-refractivity contribution in [1.29, 1.82) is 0 Å². The number of carbonyl (C=O) groups excluding carboxylic acids is 1. The number of hydrogen-bond acceptors (Lipinski definition) is 4. The summed E-state index contributed by atoms with van der Waals surface area (Å²) in [6.07, 6.45) is 2.53. The molecule has 1 aromatic carbocycles. The lowest BCUT2D eigenvalue weighted by Gasteiger charge is -2.33. The van der Waals surface area contributed by atoms with E-state index in [0.717, 1.165) is 6.26 Å². The van der Waals surface area contributed by atoms with Gasteiger partial charge >= 0.3 is 0 Å². The van der Waals surface area contributed by atoms with Crippen molar-refractivity contribution in [3.8, 4) is 0 Å². The molecule has 128 valence electrons. The summed E-state index contributed by atoms with van der Waals surface area (Å²) >= 11 is 5.92. The number of amides is 1. The number of hydrogen-bond donors (Lipinski definition) is 1. The number of sulfonamides is 1. The first kappa shape index (κ1) is 16.9. The van der Waals surface area contributed by atoms with Gasteiger partial charge < -0.3 is 9.88 Å². The van der Waals surface area contributed by atoms with Crippen molar-refractivity contribution in [3.63, 3.8) is 0 Å². The van der Waals surface area contributed by atoms with Gasteiger partial charge in [0, 0.05) is 48.3 Å². The molecule has 1 aromatic heterocycles. The van der Waals surface area contributed by atoms with Gasteiger partial charge in [-0.05, 0) is 18.2 Å². The van der Waals surface area contributed by atoms with E-state index in [9.17, 15) is 18.0 Å². The van der Waals surface area contributed by atoms with Crippen LogP contribution in [-0.4, -0.2) is 60.9 Å². The molecule has 2 aromatic rings. The molecule has 7 nitrogen and oxygen atoms in total. The number of aromatic amines is 1. The Morgan fingerprint density at radius 1 is 1.21 bits per heavy atom. The molecule has 3 rings (SSSR count). The number of nitrogens with one attached hydrogen (secondary N) is 1. The minimum atomic E-state index is -3.27. The molecule has 0 saturated carbocycles. The second-order valence-electron chi connectivity index (χ2n) is 5.68. The SMILES string of the molecule is CS(=O)(=O)N1CCN(C(=O)c2c[nH]c3ccc(Cl)cc3c2=O)CC1. The molecule has 1 amide bonds. The average Bonchev–Trinajstić information content (AvgIpc) is 2.54. The summed E-state index contributed by atoms with van der Waals surface area (Å²) in [4.78, 5) is 29.6. The molecule has 0 radical (unpaired) electrons. The smallest absolute Gasteiger partial charge is 0.259 e. The van der Waals surface area contributed by atoms with Gasteiger partial charge in [-0.15, -0.1) is 0 Å². The number of carbonyl (C=O) groups is 1. The first-order valence-corrected chi connectivity index (χ1v) is 9.55. The predicted octanol–water partition coefficient (Wildman–Crippen LogP) is 0.899. The van der Waals surface area contributed by atoms with Gasteiger partial charge in [0.25, 0.3) is 5.91 Å². The summed E-state index contributed by atoms with van der Waals surface area (Å²) in [5.41, 5.74) is 0.238. The summed E-state index contributed by atoms with van der Waals surface area (Å²) in [5.74, 6) is -0.411. The van der Waals surface area contributed by atoms with Crippen molar-refractivity contribution in [1.82, 2.24) is 14.2 Å². The Morgan fingerprint density at radius 3 is 2.50 bits per heavy atom. The molecule has 2 heterocycles. The van der Waals surface area contributed by atoms with Crippen LogP contribution in [0.1, 0.15) is 10.4 Å². The molecular weight excluding hydrogens is 354 g/mol.